The lowest BCUT2D eigenvalue weighted by Gasteiger charge is -2.07. The summed E-state index contributed by atoms with van der Waals surface area (Å²) in [7, 11) is 0. The summed E-state index contributed by atoms with van der Waals surface area (Å²) in [5, 5.41) is 11.6. The molecule has 3 heterocycles. The highest BCUT2D eigenvalue weighted by Gasteiger charge is 2.27. The summed E-state index contributed by atoms with van der Waals surface area (Å²) in [5.41, 5.74) is 2.24. The number of carbonyl (C=O) groups excluding carboxylic acids is 3. The molecule has 0 radical (unpaired) electrons. The number of hydrogen-bond donors (Lipinski definition) is 1. The fourth-order valence-electron chi connectivity index (χ4n) is 3.03. The van der Waals surface area contributed by atoms with Gasteiger partial charge in [0.05, 0.1) is 17.9 Å². The van der Waals surface area contributed by atoms with Crippen LogP contribution in [0.25, 0.3) is 5.78 Å². The van der Waals surface area contributed by atoms with Crippen molar-refractivity contribution in [3.63, 3.8) is 0 Å². The molecule has 0 aliphatic heterocycles. The third kappa shape index (κ3) is 5.40. The zero-order chi connectivity index (χ0) is 24.1. The molecule has 0 aromatic carbocycles. The van der Waals surface area contributed by atoms with E-state index < -0.39 is 11.9 Å². The van der Waals surface area contributed by atoms with Crippen molar-refractivity contribution in [2.24, 2.45) is 0 Å². The molecule has 0 aliphatic carbocycles. The Bertz CT molecular complexity index is 1230. The molecule has 0 fully saturated rings. The van der Waals surface area contributed by atoms with Gasteiger partial charge in [-0.15, -0.1) is 21.5 Å². The number of nitrogens with one attached hydrogen (secondary N) is 1. The second-order valence-corrected chi connectivity index (χ2v) is 8.82. The van der Waals surface area contributed by atoms with Gasteiger partial charge in [0.25, 0.3) is 5.78 Å². The molecule has 33 heavy (non-hydrogen) atoms. The quantitative estimate of drug-likeness (QED) is 0.274. The summed E-state index contributed by atoms with van der Waals surface area (Å²) in [4.78, 5) is 42.1. The number of carbonyl (C=O) groups is 3. The highest BCUT2D eigenvalue weighted by Crippen LogP contribution is 2.34. The average Bonchev–Trinajstić information content (AvgIpc) is 3.31. The van der Waals surface area contributed by atoms with E-state index in [0.717, 1.165) is 22.7 Å². The lowest BCUT2D eigenvalue weighted by Crippen LogP contribution is -2.16. The number of rotatable bonds is 9. The second kappa shape index (κ2) is 10.6. The van der Waals surface area contributed by atoms with E-state index in [4.69, 9.17) is 9.47 Å². The molecule has 0 spiro atoms. The Labute approximate surface area is 198 Å². The molecule has 0 saturated carbocycles. The molecule has 174 valence electrons. The van der Waals surface area contributed by atoms with Gasteiger partial charge in [0.15, 0.2) is 5.16 Å². The first-order valence-electron chi connectivity index (χ1n) is 9.97. The number of amides is 1. The molecular weight excluding hydrogens is 466 g/mol. The summed E-state index contributed by atoms with van der Waals surface area (Å²) in [6, 6.07) is 1.90. The zero-order valence-electron chi connectivity index (χ0n) is 18.6. The lowest BCUT2D eigenvalue weighted by molar-refractivity contribution is -0.113. The molecule has 3 rings (SSSR count). The van der Waals surface area contributed by atoms with Crippen LogP contribution >= 0.6 is 23.1 Å². The Morgan fingerprint density at radius 2 is 1.97 bits per heavy atom. The van der Waals surface area contributed by atoms with Gasteiger partial charge in [-0.25, -0.2) is 14.6 Å². The number of nitrogens with zero attached hydrogens (tertiary/aromatic N) is 4. The number of thiophene rings is 1. The maximum absolute atomic E-state index is 12.7. The van der Waals surface area contributed by atoms with Crippen LogP contribution in [0.5, 0.6) is 0 Å². The first kappa shape index (κ1) is 24.4. The van der Waals surface area contributed by atoms with E-state index in [1.54, 1.807) is 18.2 Å². The number of esters is 2. The SMILES string of the molecule is C=CCOC(=O)c1sc(NC(=O)CSc2nnc3nc(C)cc(C)n23)c(C(=O)OCC)c1C. The van der Waals surface area contributed by atoms with Crippen LogP contribution in [-0.4, -0.2) is 56.4 Å². The summed E-state index contributed by atoms with van der Waals surface area (Å²) in [6.45, 7) is 10.8. The molecule has 3 aromatic rings. The Hall–Kier alpha value is -3.25. The van der Waals surface area contributed by atoms with Crippen LogP contribution in [-0.2, 0) is 14.3 Å². The van der Waals surface area contributed by atoms with Crippen molar-refractivity contribution < 1.29 is 23.9 Å². The standard InChI is InChI=1S/C21H23N5O5S2/c1-6-8-31-19(29)16-13(5)15(18(28)30-7-2)17(33-16)23-14(27)10-32-21-25-24-20-22-11(3)9-12(4)26(20)21/h6,9H,1,7-8,10H2,2-5H3,(H,23,27). The zero-order valence-corrected chi connectivity index (χ0v) is 20.3. The number of aryl methyl sites for hydroxylation is 2. The molecule has 0 bridgehead atoms. The van der Waals surface area contributed by atoms with Crippen molar-refractivity contribution in [1.82, 2.24) is 19.6 Å². The number of aromatic nitrogens is 4. The molecule has 12 heteroatoms. The number of hydrogen-bond acceptors (Lipinski definition) is 10. The first-order valence-corrected chi connectivity index (χ1v) is 11.8. The van der Waals surface area contributed by atoms with Crippen molar-refractivity contribution >= 4 is 51.7 Å². The molecule has 0 unspecified atom stereocenters. The van der Waals surface area contributed by atoms with Gasteiger partial charge >= 0.3 is 11.9 Å². The summed E-state index contributed by atoms with van der Waals surface area (Å²) >= 11 is 2.14. The number of thioether (sulfide) groups is 1. The van der Waals surface area contributed by atoms with E-state index in [0.29, 0.717) is 16.5 Å². The van der Waals surface area contributed by atoms with E-state index in [-0.39, 0.29) is 40.3 Å². The van der Waals surface area contributed by atoms with Gasteiger partial charge in [0.1, 0.15) is 16.5 Å². The Morgan fingerprint density at radius 1 is 1.21 bits per heavy atom. The fourth-order valence-corrected chi connectivity index (χ4v) is 4.92. The van der Waals surface area contributed by atoms with Crippen LogP contribution < -0.4 is 5.32 Å². The number of anilines is 1. The van der Waals surface area contributed by atoms with Crippen molar-refractivity contribution in [3.05, 3.63) is 46.1 Å². The van der Waals surface area contributed by atoms with Gasteiger partial charge in [-0.3, -0.25) is 9.20 Å². The minimum atomic E-state index is -0.627. The monoisotopic (exact) mass is 489 g/mol. The molecule has 0 saturated heterocycles. The van der Waals surface area contributed by atoms with Crippen molar-refractivity contribution in [1.29, 1.82) is 0 Å². The summed E-state index contributed by atoms with van der Waals surface area (Å²) in [5.74, 6) is -1.16. The van der Waals surface area contributed by atoms with E-state index >= 15 is 0 Å². The fraction of sp³-hybridized carbons (Fsp3) is 0.333. The van der Waals surface area contributed by atoms with Crippen LogP contribution in [0.1, 0.15) is 43.9 Å². The highest BCUT2D eigenvalue weighted by molar-refractivity contribution is 7.99. The molecule has 1 amide bonds. The van der Waals surface area contributed by atoms with Gasteiger partial charge in [0, 0.05) is 11.4 Å². The van der Waals surface area contributed by atoms with Crippen molar-refractivity contribution in [2.75, 3.05) is 24.3 Å². The summed E-state index contributed by atoms with van der Waals surface area (Å²) < 4.78 is 12.0. The Balaban J connectivity index is 1.80. The minimum absolute atomic E-state index is 0.00354. The highest BCUT2D eigenvalue weighted by atomic mass is 32.2. The van der Waals surface area contributed by atoms with E-state index in [1.165, 1.54) is 17.8 Å². The maximum atomic E-state index is 12.7. The lowest BCUT2D eigenvalue weighted by atomic mass is 10.1. The van der Waals surface area contributed by atoms with Crippen LogP contribution in [0, 0.1) is 20.8 Å². The van der Waals surface area contributed by atoms with Gasteiger partial charge < -0.3 is 14.8 Å². The third-order valence-electron chi connectivity index (χ3n) is 4.39. The smallest absolute Gasteiger partial charge is 0.348 e. The predicted molar refractivity (Wildman–Crippen MR) is 125 cm³/mol. The largest absolute Gasteiger partial charge is 0.462 e. The normalized spacial score (nSPS) is 10.8. The van der Waals surface area contributed by atoms with Crippen LogP contribution in [0.2, 0.25) is 0 Å². The molecular formula is C21H23N5O5S2. The average molecular weight is 490 g/mol. The van der Waals surface area contributed by atoms with Crippen LogP contribution in [0.15, 0.2) is 23.9 Å². The van der Waals surface area contributed by atoms with Crippen LogP contribution in [0.4, 0.5) is 5.00 Å². The maximum Gasteiger partial charge on any atom is 0.348 e. The van der Waals surface area contributed by atoms with Gasteiger partial charge in [-0.1, -0.05) is 24.4 Å². The van der Waals surface area contributed by atoms with Gasteiger partial charge in [-0.05, 0) is 39.3 Å². The first-order chi connectivity index (χ1) is 15.8. The third-order valence-corrected chi connectivity index (χ3v) is 6.51. The van der Waals surface area contributed by atoms with E-state index in [2.05, 4.69) is 27.1 Å². The predicted octanol–water partition coefficient (Wildman–Crippen LogP) is 3.36. The van der Waals surface area contributed by atoms with Crippen LogP contribution in [0.3, 0.4) is 0 Å². The van der Waals surface area contributed by atoms with Gasteiger partial charge in [-0.2, -0.15) is 0 Å². The van der Waals surface area contributed by atoms with Crippen molar-refractivity contribution in [2.45, 2.75) is 32.9 Å². The molecule has 10 nitrogen and oxygen atoms in total. The van der Waals surface area contributed by atoms with E-state index in [1.807, 2.05) is 19.9 Å². The Morgan fingerprint density at radius 3 is 2.67 bits per heavy atom. The summed E-state index contributed by atoms with van der Waals surface area (Å²) in [6.07, 6.45) is 1.44. The molecule has 0 atom stereocenters. The Kier molecular flexibility index (Phi) is 7.82. The topological polar surface area (TPSA) is 125 Å². The van der Waals surface area contributed by atoms with Gasteiger partial charge in [0.2, 0.25) is 5.91 Å². The minimum Gasteiger partial charge on any atom is -0.462 e. The molecule has 1 N–H and O–H groups in total. The molecule has 0 aliphatic rings. The second-order valence-electron chi connectivity index (χ2n) is 6.86. The molecule has 3 aromatic heterocycles. The van der Waals surface area contributed by atoms with E-state index in [9.17, 15) is 14.4 Å². The number of ether oxygens (including phenoxy) is 2. The van der Waals surface area contributed by atoms with Crippen molar-refractivity contribution in [3.8, 4) is 0 Å². The number of fused-ring (bicyclic) bond motifs is 1.